The maximum atomic E-state index is 12.6. The number of piperidine rings is 1. The average Bonchev–Trinajstić information content (AvgIpc) is 3.05. The molecule has 0 bridgehead atoms. The van der Waals surface area contributed by atoms with Gasteiger partial charge in [-0.2, -0.15) is 5.10 Å². The van der Waals surface area contributed by atoms with E-state index >= 15 is 0 Å². The maximum absolute atomic E-state index is 12.6. The first-order chi connectivity index (χ1) is 11.7. The second kappa shape index (κ2) is 6.24. The van der Waals surface area contributed by atoms with Gasteiger partial charge < -0.3 is 4.90 Å². The third kappa shape index (κ3) is 2.76. The van der Waals surface area contributed by atoms with E-state index in [1.807, 2.05) is 29.2 Å². The van der Waals surface area contributed by atoms with Gasteiger partial charge >= 0.3 is 0 Å². The molecule has 0 radical (unpaired) electrons. The first-order valence-electron chi connectivity index (χ1n) is 8.10. The summed E-state index contributed by atoms with van der Waals surface area (Å²) < 4.78 is 1.78. The Kier molecular flexibility index (Phi) is 3.94. The fraction of sp³-hybridized carbons (Fsp3) is 0.278. The topological polar surface area (TPSA) is 51.0 Å². The second-order valence-electron chi connectivity index (χ2n) is 6.04. The number of carbonyl (C=O) groups excluding carboxylic acids is 1. The Hall–Kier alpha value is -2.40. The fourth-order valence-electron chi connectivity index (χ4n) is 3.17. The number of likely N-dealkylation sites (tertiary alicyclic amines) is 1. The van der Waals surface area contributed by atoms with Crippen LogP contribution in [0, 0.1) is 0 Å². The lowest BCUT2D eigenvalue weighted by molar-refractivity contribution is 0.0724. The Morgan fingerprint density at radius 1 is 1.04 bits per heavy atom. The van der Waals surface area contributed by atoms with Crippen LogP contribution in [0.15, 0.2) is 42.9 Å². The predicted molar refractivity (Wildman–Crippen MR) is 93.6 cm³/mol. The number of nitrogens with zero attached hydrogens (tertiary/aromatic N) is 4. The molecule has 0 spiro atoms. The summed E-state index contributed by atoms with van der Waals surface area (Å²) in [5, 5.41) is 5.90. The highest BCUT2D eigenvalue weighted by atomic mass is 35.5. The molecule has 1 amide bonds. The van der Waals surface area contributed by atoms with E-state index in [9.17, 15) is 4.79 Å². The highest BCUT2D eigenvalue weighted by Gasteiger charge is 2.19. The van der Waals surface area contributed by atoms with E-state index in [1.54, 1.807) is 23.3 Å². The molecule has 2 aromatic heterocycles. The van der Waals surface area contributed by atoms with Crippen LogP contribution in [0.25, 0.3) is 16.6 Å². The minimum Gasteiger partial charge on any atom is -0.339 e. The Morgan fingerprint density at radius 2 is 1.88 bits per heavy atom. The zero-order valence-corrected chi connectivity index (χ0v) is 13.9. The standard InChI is InChI=1S/C18H17ClN4O/c19-15-9-16(12-20-11-15)23-17-5-4-13(8-14(17)10-21-23)18(24)22-6-2-1-3-7-22/h4-5,8-12H,1-3,6-7H2. The molecular weight excluding hydrogens is 324 g/mol. The molecule has 1 aliphatic rings. The summed E-state index contributed by atoms with van der Waals surface area (Å²) in [6, 6.07) is 7.53. The van der Waals surface area contributed by atoms with E-state index in [0.717, 1.165) is 42.5 Å². The molecular formula is C18H17ClN4O. The number of carbonyl (C=O) groups is 1. The Bertz CT molecular complexity index is 899. The lowest BCUT2D eigenvalue weighted by Gasteiger charge is -2.26. The van der Waals surface area contributed by atoms with E-state index in [2.05, 4.69) is 10.1 Å². The van der Waals surface area contributed by atoms with Crippen molar-refractivity contribution in [3.8, 4) is 5.69 Å². The third-order valence-electron chi connectivity index (χ3n) is 4.39. The minimum absolute atomic E-state index is 0.105. The molecule has 0 unspecified atom stereocenters. The molecule has 0 saturated carbocycles. The number of hydrogen-bond acceptors (Lipinski definition) is 3. The van der Waals surface area contributed by atoms with Crippen LogP contribution in [0.2, 0.25) is 5.02 Å². The zero-order chi connectivity index (χ0) is 16.5. The van der Waals surface area contributed by atoms with Gasteiger partial charge in [-0.25, -0.2) is 4.68 Å². The van der Waals surface area contributed by atoms with Crippen LogP contribution in [0.1, 0.15) is 29.6 Å². The molecule has 0 aliphatic carbocycles. The lowest BCUT2D eigenvalue weighted by atomic mass is 10.1. The first-order valence-corrected chi connectivity index (χ1v) is 8.48. The highest BCUT2D eigenvalue weighted by Crippen LogP contribution is 2.22. The normalized spacial score (nSPS) is 15.0. The summed E-state index contributed by atoms with van der Waals surface area (Å²) in [6.07, 6.45) is 8.46. The van der Waals surface area contributed by atoms with Crippen molar-refractivity contribution in [3.05, 3.63) is 53.4 Å². The molecule has 122 valence electrons. The van der Waals surface area contributed by atoms with Crippen LogP contribution in [0.3, 0.4) is 0 Å². The molecule has 6 heteroatoms. The van der Waals surface area contributed by atoms with Crippen LogP contribution in [-0.2, 0) is 0 Å². The van der Waals surface area contributed by atoms with Crippen molar-refractivity contribution in [2.75, 3.05) is 13.1 Å². The van der Waals surface area contributed by atoms with E-state index < -0.39 is 0 Å². The van der Waals surface area contributed by atoms with Crippen molar-refractivity contribution in [1.82, 2.24) is 19.7 Å². The van der Waals surface area contributed by atoms with Crippen molar-refractivity contribution in [2.24, 2.45) is 0 Å². The number of hydrogen-bond donors (Lipinski definition) is 0. The van der Waals surface area contributed by atoms with Gasteiger partial charge in [0.25, 0.3) is 5.91 Å². The zero-order valence-electron chi connectivity index (χ0n) is 13.2. The Balaban J connectivity index is 1.69. The van der Waals surface area contributed by atoms with Crippen LogP contribution in [0.5, 0.6) is 0 Å². The van der Waals surface area contributed by atoms with Crippen molar-refractivity contribution in [3.63, 3.8) is 0 Å². The third-order valence-corrected chi connectivity index (χ3v) is 4.60. The minimum atomic E-state index is 0.105. The number of pyridine rings is 1. The summed E-state index contributed by atoms with van der Waals surface area (Å²) in [6.45, 7) is 1.70. The van der Waals surface area contributed by atoms with Gasteiger partial charge in [0.05, 0.1) is 28.6 Å². The van der Waals surface area contributed by atoms with E-state index in [1.165, 1.54) is 6.42 Å². The number of rotatable bonds is 2. The number of aromatic nitrogens is 3. The summed E-state index contributed by atoms with van der Waals surface area (Å²) in [5.74, 6) is 0.105. The average molecular weight is 341 g/mol. The number of benzene rings is 1. The van der Waals surface area contributed by atoms with Gasteiger partial charge in [0.1, 0.15) is 0 Å². The van der Waals surface area contributed by atoms with Crippen LogP contribution < -0.4 is 0 Å². The molecule has 3 heterocycles. The molecule has 1 saturated heterocycles. The summed E-state index contributed by atoms with van der Waals surface area (Å²) >= 11 is 6.01. The van der Waals surface area contributed by atoms with E-state index in [4.69, 9.17) is 11.6 Å². The molecule has 4 rings (SSSR count). The second-order valence-corrected chi connectivity index (χ2v) is 6.48. The summed E-state index contributed by atoms with van der Waals surface area (Å²) in [7, 11) is 0. The molecule has 0 N–H and O–H groups in total. The molecule has 1 aromatic carbocycles. The quantitative estimate of drug-likeness (QED) is 0.714. The van der Waals surface area contributed by atoms with Gasteiger partial charge in [-0.15, -0.1) is 0 Å². The summed E-state index contributed by atoms with van der Waals surface area (Å²) in [4.78, 5) is 18.7. The van der Waals surface area contributed by atoms with Crippen molar-refractivity contribution < 1.29 is 4.79 Å². The summed E-state index contributed by atoms with van der Waals surface area (Å²) in [5.41, 5.74) is 2.44. The van der Waals surface area contributed by atoms with E-state index in [0.29, 0.717) is 10.6 Å². The Morgan fingerprint density at radius 3 is 2.67 bits per heavy atom. The fourth-order valence-corrected chi connectivity index (χ4v) is 3.34. The Labute approximate surface area is 144 Å². The van der Waals surface area contributed by atoms with Crippen LogP contribution in [0.4, 0.5) is 0 Å². The van der Waals surface area contributed by atoms with Gasteiger partial charge in [-0.3, -0.25) is 9.78 Å². The van der Waals surface area contributed by atoms with Gasteiger partial charge in [-0.05, 0) is 43.5 Å². The van der Waals surface area contributed by atoms with Crippen LogP contribution >= 0.6 is 11.6 Å². The van der Waals surface area contributed by atoms with Crippen LogP contribution in [-0.4, -0.2) is 38.7 Å². The largest absolute Gasteiger partial charge is 0.339 e. The van der Waals surface area contributed by atoms with Gasteiger partial charge in [-0.1, -0.05) is 11.6 Å². The number of fused-ring (bicyclic) bond motifs is 1. The smallest absolute Gasteiger partial charge is 0.253 e. The van der Waals surface area contributed by atoms with Gasteiger partial charge in [0.15, 0.2) is 0 Å². The van der Waals surface area contributed by atoms with Gasteiger partial charge in [0.2, 0.25) is 0 Å². The van der Waals surface area contributed by atoms with Crippen molar-refractivity contribution >= 4 is 28.4 Å². The SMILES string of the molecule is O=C(c1ccc2c(cnn2-c2cncc(Cl)c2)c1)N1CCCCC1. The molecule has 5 nitrogen and oxygen atoms in total. The van der Waals surface area contributed by atoms with Crippen molar-refractivity contribution in [1.29, 1.82) is 0 Å². The maximum Gasteiger partial charge on any atom is 0.253 e. The number of amides is 1. The molecule has 0 atom stereocenters. The van der Waals surface area contributed by atoms with Crippen molar-refractivity contribution in [2.45, 2.75) is 19.3 Å². The molecule has 1 fully saturated rings. The number of halogens is 1. The molecule has 1 aliphatic heterocycles. The molecule has 3 aromatic rings. The highest BCUT2D eigenvalue weighted by molar-refractivity contribution is 6.30. The first kappa shape index (κ1) is 15.1. The predicted octanol–water partition coefficient (Wildman–Crippen LogP) is 3.70. The van der Waals surface area contributed by atoms with E-state index in [-0.39, 0.29) is 5.91 Å². The monoisotopic (exact) mass is 340 g/mol. The lowest BCUT2D eigenvalue weighted by Crippen LogP contribution is -2.35. The van der Waals surface area contributed by atoms with Gasteiger partial charge in [0, 0.05) is 30.2 Å². The molecule has 24 heavy (non-hydrogen) atoms.